The van der Waals surface area contributed by atoms with Gasteiger partial charge in [-0.2, -0.15) is 0 Å². The van der Waals surface area contributed by atoms with Crippen LogP contribution >= 0.6 is 0 Å². The van der Waals surface area contributed by atoms with E-state index >= 15 is 0 Å². The molecule has 0 N–H and O–H groups in total. The van der Waals surface area contributed by atoms with E-state index in [2.05, 4.69) is 6.58 Å². The van der Waals surface area contributed by atoms with Crippen molar-refractivity contribution in [3.05, 3.63) is 12.7 Å². The fourth-order valence-corrected chi connectivity index (χ4v) is 2.02. The number of ether oxygens (including phenoxy) is 1. The Labute approximate surface area is 85.7 Å². The zero-order valence-electron chi connectivity index (χ0n) is 8.87. The Morgan fingerprint density at radius 3 is 2.71 bits per heavy atom. The average Bonchev–Trinajstić information content (AvgIpc) is 2.67. The van der Waals surface area contributed by atoms with Gasteiger partial charge in [0.25, 0.3) is 0 Å². The molecule has 1 amide bonds. The molecule has 1 rings (SSSR count). The molecule has 14 heavy (non-hydrogen) atoms. The average molecular weight is 197 g/mol. The third kappa shape index (κ3) is 2.84. The zero-order chi connectivity index (χ0) is 10.4. The third-order valence-electron chi connectivity index (χ3n) is 2.68. The van der Waals surface area contributed by atoms with Gasteiger partial charge in [-0.3, -0.25) is 4.79 Å². The van der Waals surface area contributed by atoms with Gasteiger partial charge in [-0.05, 0) is 12.8 Å². The van der Waals surface area contributed by atoms with Crippen LogP contribution in [0.15, 0.2) is 12.7 Å². The van der Waals surface area contributed by atoms with Crippen LogP contribution in [-0.4, -0.2) is 37.1 Å². The SMILES string of the molecule is C=CCN(C(=O)COC)C1CCCC1. The monoisotopic (exact) mass is 197 g/mol. The van der Waals surface area contributed by atoms with Crippen molar-refractivity contribution in [3.63, 3.8) is 0 Å². The molecular weight excluding hydrogens is 178 g/mol. The maximum atomic E-state index is 11.7. The van der Waals surface area contributed by atoms with Crippen LogP contribution in [0.4, 0.5) is 0 Å². The summed E-state index contributed by atoms with van der Waals surface area (Å²) in [5.74, 6) is 0.0827. The first-order valence-electron chi connectivity index (χ1n) is 5.19. The molecule has 0 aromatic carbocycles. The summed E-state index contributed by atoms with van der Waals surface area (Å²) < 4.78 is 4.86. The highest BCUT2D eigenvalue weighted by Gasteiger charge is 2.25. The second-order valence-corrected chi connectivity index (χ2v) is 3.71. The maximum absolute atomic E-state index is 11.7. The lowest BCUT2D eigenvalue weighted by Gasteiger charge is -2.27. The molecule has 1 aliphatic rings. The molecule has 0 unspecified atom stereocenters. The Balaban J connectivity index is 2.52. The van der Waals surface area contributed by atoms with Crippen molar-refractivity contribution in [2.75, 3.05) is 20.3 Å². The van der Waals surface area contributed by atoms with Crippen LogP contribution in [0.2, 0.25) is 0 Å². The summed E-state index contributed by atoms with van der Waals surface area (Å²) in [6.45, 7) is 4.51. The number of methoxy groups -OCH3 is 1. The van der Waals surface area contributed by atoms with Crippen LogP contribution in [0.25, 0.3) is 0 Å². The molecule has 0 aromatic heterocycles. The molecule has 0 aromatic rings. The highest BCUT2D eigenvalue weighted by Crippen LogP contribution is 2.23. The van der Waals surface area contributed by atoms with Gasteiger partial charge in [0.1, 0.15) is 6.61 Å². The van der Waals surface area contributed by atoms with Crippen LogP contribution < -0.4 is 0 Å². The summed E-state index contributed by atoms with van der Waals surface area (Å²) in [4.78, 5) is 13.6. The third-order valence-corrected chi connectivity index (χ3v) is 2.68. The van der Waals surface area contributed by atoms with Crippen LogP contribution in [0.3, 0.4) is 0 Å². The summed E-state index contributed by atoms with van der Waals surface area (Å²) in [5, 5.41) is 0. The molecule has 3 heteroatoms. The Hall–Kier alpha value is -0.830. The minimum Gasteiger partial charge on any atom is -0.375 e. The van der Waals surface area contributed by atoms with Crippen LogP contribution in [0, 0.1) is 0 Å². The normalized spacial score (nSPS) is 16.9. The number of nitrogens with zero attached hydrogens (tertiary/aromatic N) is 1. The number of carbonyl (C=O) groups excluding carboxylic acids is 1. The Bertz CT molecular complexity index is 197. The lowest BCUT2D eigenvalue weighted by Crippen LogP contribution is -2.40. The van der Waals surface area contributed by atoms with E-state index in [-0.39, 0.29) is 12.5 Å². The van der Waals surface area contributed by atoms with E-state index in [0.29, 0.717) is 12.6 Å². The van der Waals surface area contributed by atoms with Gasteiger partial charge in [-0.1, -0.05) is 18.9 Å². The predicted molar refractivity (Wildman–Crippen MR) is 56.0 cm³/mol. The molecule has 1 fully saturated rings. The van der Waals surface area contributed by atoms with Gasteiger partial charge >= 0.3 is 0 Å². The molecular formula is C11H19NO2. The number of hydrogen-bond donors (Lipinski definition) is 0. The first-order valence-corrected chi connectivity index (χ1v) is 5.19. The molecule has 0 spiro atoms. The Kier molecular flexibility index (Phi) is 4.66. The minimum atomic E-state index is 0.0827. The fourth-order valence-electron chi connectivity index (χ4n) is 2.02. The van der Waals surface area contributed by atoms with E-state index in [1.54, 1.807) is 13.2 Å². The number of rotatable bonds is 5. The van der Waals surface area contributed by atoms with E-state index < -0.39 is 0 Å². The molecule has 0 saturated heterocycles. The zero-order valence-corrected chi connectivity index (χ0v) is 8.87. The lowest BCUT2D eigenvalue weighted by atomic mass is 10.2. The molecule has 0 bridgehead atoms. The van der Waals surface area contributed by atoms with Crippen molar-refractivity contribution in [1.29, 1.82) is 0 Å². The van der Waals surface area contributed by atoms with Crippen molar-refractivity contribution in [3.8, 4) is 0 Å². The van der Waals surface area contributed by atoms with Gasteiger partial charge in [-0.15, -0.1) is 6.58 Å². The number of carbonyl (C=O) groups is 1. The highest BCUT2D eigenvalue weighted by molar-refractivity contribution is 5.78. The highest BCUT2D eigenvalue weighted by atomic mass is 16.5. The van der Waals surface area contributed by atoms with Crippen LogP contribution in [0.5, 0.6) is 0 Å². The van der Waals surface area contributed by atoms with Crippen molar-refractivity contribution < 1.29 is 9.53 Å². The van der Waals surface area contributed by atoms with Crippen molar-refractivity contribution >= 4 is 5.91 Å². The van der Waals surface area contributed by atoms with Gasteiger partial charge in [0.15, 0.2) is 0 Å². The summed E-state index contributed by atoms with van der Waals surface area (Å²) in [6.07, 6.45) is 6.51. The molecule has 0 radical (unpaired) electrons. The van der Waals surface area contributed by atoms with Crippen molar-refractivity contribution in [2.24, 2.45) is 0 Å². The standard InChI is InChI=1S/C11H19NO2/c1-3-8-12(11(13)9-14-2)10-6-4-5-7-10/h3,10H,1,4-9H2,2H3. The molecule has 1 saturated carbocycles. The fraction of sp³-hybridized carbons (Fsp3) is 0.727. The summed E-state index contributed by atoms with van der Waals surface area (Å²) in [5.41, 5.74) is 0. The number of hydrogen-bond acceptors (Lipinski definition) is 2. The van der Waals surface area contributed by atoms with Gasteiger partial charge in [0.05, 0.1) is 0 Å². The van der Waals surface area contributed by atoms with E-state index in [9.17, 15) is 4.79 Å². The molecule has 0 heterocycles. The Morgan fingerprint density at radius 1 is 1.57 bits per heavy atom. The Morgan fingerprint density at radius 2 is 2.21 bits per heavy atom. The second-order valence-electron chi connectivity index (χ2n) is 3.71. The molecule has 0 atom stereocenters. The van der Waals surface area contributed by atoms with Gasteiger partial charge in [0, 0.05) is 19.7 Å². The van der Waals surface area contributed by atoms with E-state index in [0.717, 1.165) is 12.8 Å². The first kappa shape index (κ1) is 11.2. The van der Waals surface area contributed by atoms with Gasteiger partial charge in [0.2, 0.25) is 5.91 Å². The summed E-state index contributed by atoms with van der Waals surface area (Å²) >= 11 is 0. The summed E-state index contributed by atoms with van der Waals surface area (Å²) in [7, 11) is 1.55. The van der Waals surface area contributed by atoms with Crippen LogP contribution in [-0.2, 0) is 9.53 Å². The molecule has 0 aliphatic heterocycles. The largest absolute Gasteiger partial charge is 0.375 e. The maximum Gasteiger partial charge on any atom is 0.249 e. The molecule has 80 valence electrons. The van der Waals surface area contributed by atoms with E-state index in [1.807, 2.05) is 4.90 Å². The molecule has 3 nitrogen and oxygen atoms in total. The smallest absolute Gasteiger partial charge is 0.249 e. The molecule has 1 aliphatic carbocycles. The first-order chi connectivity index (χ1) is 6.79. The van der Waals surface area contributed by atoms with Crippen molar-refractivity contribution in [1.82, 2.24) is 4.90 Å². The quantitative estimate of drug-likeness (QED) is 0.626. The topological polar surface area (TPSA) is 29.5 Å². The number of amides is 1. The minimum absolute atomic E-state index is 0.0827. The predicted octanol–water partition coefficient (Wildman–Crippen LogP) is 1.59. The van der Waals surface area contributed by atoms with Crippen LogP contribution in [0.1, 0.15) is 25.7 Å². The van der Waals surface area contributed by atoms with E-state index in [1.165, 1.54) is 12.8 Å². The summed E-state index contributed by atoms with van der Waals surface area (Å²) in [6, 6.07) is 0.413. The van der Waals surface area contributed by atoms with Gasteiger partial charge in [-0.25, -0.2) is 0 Å². The van der Waals surface area contributed by atoms with E-state index in [4.69, 9.17) is 4.74 Å². The van der Waals surface area contributed by atoms with Crippen molar-refractivity contribution in [2.45, 2.75) is 31.7 Å². The second kappa shape index (κ2) is 5.81. The van der Waals surface area contributed by atoms with Gasteiger partial charge < -0.3 is 9.64 Å². The lowest BCUT2D eigenvalue weighted by molar-refractivity contribution is -0.136.